The fraction of sp³-hybridized carbons (Fsp3) is 0.250. The molecule has 3 aromatic rings. The lowest BCUT2D eigenvalue weighted by molar-refractivity contribution is 0.212. The molecule has 0 bridgehead atoms. The smallest absolute Gasteiger partial charge is 0.241 e. The number of hydrogen-bond acceptors (Lipinski definition) is 8. The van der Waals surface area contributed by atoms with Gasteiger partial charge in [-0.25, -0.2) is 9.97 Å². The van der Waals surface area contributed by atoms with Crippen LogP contribution >= 0.6 is 11.3 Å². The lowest BCUT2D eigenvalue weighted by Crippen LogP contribution is -2.28. The summed E-state index contributed by atoms with van der Waals surface area (Å²) in [5.41, 5.74) is 2.51. The molecule has 0 saturated carbocycles. The van der Waals surface area contributed by atoms with Crippen molar-refractivity contribution in [1.29, 1.82) is 0 Å². The van der Waals surface area contributed by atoms with E-state index in [0.29, 0.717) is 11.8 Å². The zero-order chi connectivity index (χ0) is 16.5. The number of fused-ring (bicyclic) bond motifs is 1. The van der Waals surface area contributed by atoms with Gasteiger partial charge >= 0.3 is 0 Å². The van der Waals surface area contributed by atoms with Crippen molar-refractivity contribution < 1.29 is 9.25 Å². The molecule has 24 heavy (non-hydrogen) atoms. The van der Waals surface area contributed by atoms with Gasteiger partial charge in [-0.2, -0.15) is 0 Å². The van der Waals surface area contributed by atoms with Gasteiger partial charge in [-0.1, -0.05) is 5.16 Å². The van der Waals surface area contributed by atoms with E-state index >= 15 is 0 Å². The van der Waals surface area contributed by atoms with E-state index in [2.05, 4.69) is 20.1 Å². The summed E-state index contributed by atoms with van der Waals surface area (Å²) in [4.78, 5) is 21.0. The predicted molar refractivity (Wildman–Crippen MR) is 92.3 cm³/mol. The van der Waals surface area contributed by atoms with Crippen LogP contribution in [0.2, 0.25) is 0 Å². The van der Waals surface area contributed by atoms with Crippen LogP contribution in [-0.2, 0) is 4.84 Å². The monoisotopic (exact) mass is 341 g/mol. The van der Waals surface area contributed by atoms with Crippen LogP contribution in [0.3, 0.4) is 0 Å². The first-order valence-electron chi connectivity index (χ1n) is 7.45. The summed E-state index contributed by atoms with van der Waals surface area (Å²) in [6, 6.07) is 3.87. The average molecular weight is 341 g/mol. The Bertz CT molecular complexity index is 887. The number of hydrogen-bond donors (Lipinski definition) is 0. The van der Waals surface area contributed by atoms with Gasteiger partial charge in [0.15, 0.2) is 5.69 Å². The van der Waals surface area contributed by atoms with Crippen molar-refractivity contribution in [3.63, 3.8) is 0 Å². The fourth-order valence-electron chi connectivity index (χ4n) is 2.55. The van der Waals surface area contributed by atoms with Gasteiger partial charge in [0.2, 0.25) is 11.8 Å². The molecule has 1 aliphatic rings. The standard InChI is InChI=1S/C16H15N5O2S/c1-21-7-5-11(20-22-2)13-16(21)23-14(19-13)12-9-18-15(24-12)10-4-3-6-17-8-10/h3-4,6,8-9H,5,7H2,1-2H3. The van der Waals surface area contributed by atoms with Crippen molar-refractivity contribution in [2.24, 2.45) is 5.16 Å². The topological polar surface area (TPSA) is 76.6 Å². The van der Waals surface area contributed by atoms with Crippen molar-refractivity contribution in [3.8, 4) is 21.3 Å². The van der Waals surface area contributed by atoms with Gasteiger partial charge in [-0.3, -0.25) is 4.98 Å². The summed E-state index contributed by atoms with van der Waals surface area (Å²) in [5, 5.41) is 4.95. The van der Waals surface area contributed by atoms with Gasteiger partial charge < -0.3 is 14.2 Å². The van der Waals surface area contributed by atoms with E-state index in [9.17, 15) is 0 Å². The number of anilines is 1. The highest BCUT2D eigenvalue weighted by Gasteiger charge is 2.28. The summed E-state index contributed by atoms with van der Waals surface area (Å²) in [5.74, 6) is 1.26. The zero-order valence-corrected chi connectivity index (χ0v) is 14.1. The van der Waals surface area contributed by atoms with Crippen molar-refractivity contribution in [3.05, 3.63) is 36.4 Å². The summed E-state index contributed by atoms with van der Waals surface area (Å²) in [6.45, 7) is 0.813. The number of aromatic nitrogens is 3. The second kappa shape index (κ2) is 6.04. The molecule has 4 heterocycles. The molecule has 7 nitrogen and oxygen atoms in total. The minimum atomic E-state index is 0.546. The lowest BCUT2D eigenvalue weighted by atomic mass is 10.1. The van der Waals surface area contributed by atoms with E-state index in [0.717, 1.165) is 39.8 Å². The molecule has 0 amide bonds. The van der Waals surface area contributed by atoms with E-state index in [1.165, 1.54) is 18.4 Å². The highest BCUT2D eigenvalue weighted by atomic mass is 32.1. The Hall–Kier alpha value is -2.74. The summed E-state index contributed by atoms with van der Waals surface area (Å²) >= 11 is 1.52. The molecule has 0 fully saturated rings. The van der Waals surface area contributed by atoms with Crippen molar-refractivity contribution in [2.75, 3.05) is 25.6 Å². The Balaban J connectivity index is 1.73. The summed E-state index contributed by atoms with van der Waals surface area (Å²) < 4.78 is 5.96. The first-order chi connectivity index (χ1) is 11.8. The van der Waals surface area contributed by atoms with Crippen LogP contribution in [0.25, 0.3) is 21.3 Å². The largest absolute Gasteiger partial charge is 0.419 e. The van der Waals surface area contributed by atoms with E-state index < -0.39 is 0 Å². The zero-order valence-electron chi connectivity index (χ0n) is 13.3. The number of rotatable bonds is 3. The quantitative estimate of drug-likeness (QED) is 0.682. The SMILES string of the molecule is CON=C1CCN(C)c2oc(-c3cnc(-c4cccnc4)s3)nc21. The molecule has 8 heteroatoms. The maximum Gasteiger partial charge on any atom is 0.241 e. The maximum atomic E-state index is 5.96. The third kappa shape index (κ3) is 2.54. The van der Waals surface area contributed by atoms with Gasteiger partial charge in [0, 0.05) is 38.0 Å². The number of oxazole rings is 1. The molecule has 0 aliphatic carbocycles. The van der Waals surface area contributed by atoms with Crippen LogP contribution in [-0.4, -0.2) is 41.4 Å². The van der Waals surface area contributed by atoms with Crippen molar-refractivity contribution in [1.82, 2.24) is 15.0 Å². The second-order valence-electron chi connectivity index (χ2n) is 5.34. The van der Waals surface area contributed by atoms with Gasteiger partial charge in [0.05, 0.1) is 6.20 Å². The second-order valence-corrected chi connectivity index (χ2v) is 6.37. The molecule has 1 aliphatic heterocycles. The Kier molecular flexibility index (Phi) is 3.73. The first kappa shape index (κ1) is 14.8. The predicted octanol–water partition coefficient (Wildman–Crippen LogP) is 3.05. The van der Waals surface area contributed by atoms with E-state index in [1.807, 2.05) is 24.1 Å². The lowest BCUT2D eigenvalue weighted by Gasteiger charge is -2.21. The molecule has 0 unspecified atom stereocenters. The summed E-state index contributed by atoms with van der Waals surface area (Å²) in [7, 11) is 3.51. The molecule has 0 saturated heterocycles. The first-order valence-corrected chi connectivity index (χ1v) is 8.27. The normalized spacial score (nSPS) is 15.6. The molecule has 0 radical (unpaired) electrons. The Morgan fingerprint density at radius 3 is 3.08 bits per heavy atom. The van der Waals surface area contributed by atoms with Crippen molar-refractivity contribution in [2.45, 2.75) is 6.42 Å². The Labute approximate surface area is 142 Å². The average Bonchev–Trinajstić information content (AvgIpc) is 3.25. The highest BCUT2D eigenvalue weighted by molar-refractivity contribution is 7.18. The third-order valence-electron chi connectivity index (χ3n) is 3.74. The van der Waals surface area contributed by atoms with E-state index in [1.54, 1.807) is 18.6 Å². The van der Waals surface area contributed by atoms with Crippen molar-refractivity contribution >= 4 is 22.9 Å². The molecule has 4 rings (SSSR count). The van der Waals surface area contributed by atoms with E-state index in [-0.39, 0.29) is 0 Å². The molecular formula is C16H15N5O2S. The molecule has 122 valence electrons. The van der Waals surface area contributed by atoms with Gasteiger partial charge in [-0.05, 0) is 12.1 Å². The fourth-order valence-corrected chi connectivity index (χ4v) is 3.38. The molecule has 3 aromatic heterocycles. The van der Waals surface area contributed by atoms with E-state index in [4.69, 9.17) is 9.25 Å². The Morgan fingerprint density at radius 1 is 1.38 bits per heavy atom. The number of pyridine rings is 1. The molecular weight excluding hydrogens is 326 g/mol. The van der Waals surface area contributed by atoms with Gasteiger partial charge in [0.25, 0.3) is 0 Å². The maximum absolute atomic E-state index is 5.96. The van der Waals surface area contributed by atoms with Crippen LogP contribution in [0.5, 0.6) is 0 Å². The molecule has 0 atom stereocenters. The minimum absolute atomic E-state index is 0.546. The third-order valence-corrected chi connectivity index (χ3v) is 4.77. The van der Waals surface area contributed by atoms with Gasteiger partial charge in [-0.15, -0.1) is 11.3 Å². The number of oxime groups is 1. The van der Waals surface area contributed by atoms with Crippen LogP contribution in [0.15, 0.2) is 40.3 Å². The van der Waals surface area contributed by atoms with Crippen LogP contribution in [0, 0.1) is 0 Å². The number of thiazole rings is 1. The van der Waals surface area contributed by atoms with Crippen LogP contribution < -0.4 is 4.90 Å². The van der Waals surface area contributed by atoms with Crippen LogP contribution in [0.1, 0.15) is 12.1 Å². The Morgan fingerprint density at radius 2 is 2.29 bits per heavy atom. The molecule has 0 aromatic carbocycles. The minimum Gasteiger partial charge on any atom is -0.419 e. The summed E-state index contributed by atoms with van der Waals surface area (Å²) in [6.07, 6.45) is 6.08. The number of nitrogens with zero attached hydrogens (tertiary/aromatic N) is 5. The highest BCUT2D eigenvalue weighted by Crippen LogP contribution is 2.36. The van der Waals surface area contributed by atoms with Crippen LogP contribution in [0.4, 0.5) is 5.88 Å². The molecule has 0 spiro atoms. The molecule has 0 N–H and O–H groups in total. The van der Waals surface area contributed by atoms with Gasteiger partial charge in [0.1, 0.15) is 22.7 Å².